The van der Waals surface area contributed by atoms with Crippen LogP contribution in [0.4, 0.5) is 0 Å². The average molecular weight is 449 g/mol. The standard InChI is InChI=1S/C24H32O8/c1-27-17-9-14(10-18(28-2)22(17)30-4)20-16(12-26)15(11-25)7-13-8-19(29-3)23(31-5)24(32-6)21(13)20/h8-10,15-16,20,25-26H,7,11-12H2,1-6H3/t15-,16+,20-/m1/s1. The number of rotatable bonds is 9. The summed E-state index contributed by atoms with van der Waals surface area (Å²) in [7, 11) is 9.38. The summed E-state index contributed by atoms with van der Waals surface area (Å²) in [5.74, 6) is 2.28. The van der Waals surface area contributed by atoms with Gasteiger partial charge in [-0.2, -0.15) is 0 Å². The first kappa shape index (κ1) is 23.8. The Morgan fingerprint density at radius 3 is 1.66 bits per heavy atom. The number of fused-ring (bicyclic) bond motifs is 1. The van der Waals surface area contributed by atoms with Crippen molar-refractivity contribution in [3.05, 3.63) is 34.9 Å². The van der Waals surface area contributed by atoms with Gasteiger partial charge >= 0.3 is 0 Å². The second-order valence-electron chi connectivity index (χ2n) is 7.65. The van der Waals surface area contributed by atoms with Crippen LogP contribution in [0.15, 0.2) is 18.2 Å². The minimum atomic E-state index is -0.329. The van der Waals surface area contributed by atoms with Crippen molar-refractivity contribution in [1.29, 1.82) is 0 Å². The van der Waals surface area contributed by atoms with Crippen molar-refractivity contribution >= 4 is 0 Å². The SMILES string of the molecule is COc1cc([C@H]2c3c(cc(OC)c(OC)c3OC)C[C@H](CO)[C@@H]2CO)cc(OC)c1OC. The molecule has 2 N–H and O–H groups in total. The molecular weight excluding hydrogens is 416 g/mol. The molecule has 0 fully saturated rings. The molecule has 32 heavy (non-hydrogen) atoms. The Hall–Kier alpha value is -2.84. The van der Waals surface area contributed by atoms with Crippen molar-refractivity contribution < 1.29 is 38.6 Å². The smallest absolute Gasteiger partial charge is 0.203 e. The molecule has 176 valence electrons. The Labute approximate surface area is 188 Å². The summed E-state index contributed by atoms with van der Waals surface area (Å²) in [5.41, 5.74) is 2.67. The zero-order chi connectivity index (χ0) is 23.4. The number of hydrogen-bond donors (Lipinski definition) is 2. The first-order valence-corrected chi connectivity index (χ1v) is 10.4. The van der Waals surface area contributed by atoms with E-state index in [0.29, 0.717) is 40.9 Å². The molecule has 8 heteroatoms. The van der Waals surface area contributed by atoms with Crippen LogP contribution < -0.4 is 28.4 Å². The first-order valence-electron chi connectivity index (χ1n) is 10.4. The molecule has 3 atom stereocenters. The van der Waals surface area contributed by atoms with Crippen LogP contribution in [0.5, 0.6) is 34.5 Å². The summed E-state index contributed by atoms with van der Waals surface area (Å²) in [4.78, 5) is 0. The molecule has 3 rings (SSSR count). The van der Waals surface area contributed by atoms with Crippen LogP contribution in [-0.2, 0) is 6.42 Å². The number of hydrogen-bond acceptors (Lipinski definition) is 8. The molecule has 0 radical (unpaired) electrons. The molecule has 1 aliphatic rings. The lowest BCUT2D eigenvalue weighted by Crippen LogP contribution is -2.35. The number of benzene rings is 2. The highest BCUT2D eigenvalue weighted by atomic mass is 16.5. The molecule has 0 bridgehead atoms. The third-order valence-corrected chi connectivity index (χ3v) is 6.27. The predicted molar refractivity (Wildman–Crippen MR) is 119 cm³/mol. The predicted octanol–water partition coefficient (Wildman–Crippen LogP) is 2.64. The third-order valence-electron chi connectivity index (χ3n) is 6.27. The molecule has 0 aliphatic heterocycles. The number of methoxy groups -OCH3 is 6. The van der Waals surface area contributed by atoms with Gasteiger partial charge in [0.25, 0.3) is 0 Å². The molecule has 0 heterocycles. The van der Waals surface area contributed by atoms with Crippen LogP contribution in [0.25, 0.3) is 0 Å². The van der Waals surface area contributed by atoms with Gasteiger partial charge in [0.2, 0.25) is 11.5 Å². The van der Waals surface area contributed by atoms with E-state index >= 15 is 0 Å². The lowest BCUT2D eigenvalue weighted by Gasteiger charge is -2.40. The van der Waals surface area contributed by atoms with Crippen molar-refractivity contribution in [3.63, 3.8) is 0 Å². The highest BCUT2D eigenvalue weighted by Crippen LogP contribution is 2.54. The lowest BCUT2D eigenvalue weighted by molar-refractivity contribution is 0.0999. The highest BCUT2D eigenvalue weighted by Gasteiger charge is 2.41. The quantitative estimate of drug-likeness (QED) is 0.605. The van der Waals surface area contributed by atoms with E-state index in [1.165, 1.54) is 0 Å². The van der Waals surface area contributed by atoms with E-state index in [9.17, 15) is 10.2 Å². The topological polar surface area (TPSA) is 95.8 Å². The van der Waals surface area contributed by atoms with E-state index in [1.807, 2.05) is 18.2 Å². The fraction of sp³-hybridized carbons (Fsp3) is 0.500. The molecule has 0 saturated carbocycles. The molecule has 0 aromatic heterocycles. The monoisotopic (exact) mass is 448 g/mol. The van der Waals surface area contributed by atoms with Crippen LogP contribution in [0.3, 0.4) is 0 Å². The van der Waals surface area contributed by atoms with Crippen molar-refractivity contribution in [2.24, 2.45) is 11.8 Å². The van der Waals surface area contributed by atoms with E-state index in [-0.39, 0.29) is 31.0 Å². The van der Waals surface area contributed by atoms with Crippen molar-refractivity contribution in [1.82, 2.24) is 0 Å². The van der Waals surface area contributed by atoms with Gasteiger partial charge in [0.15, 0.2) is 23.0 Å². The molecule has 0 unspecified atom stereocenters. The second kappa shape index (κ2) is 10.2. The van der Waals surface area contributed by atoms with Gasteiger partial charge in [-0.05, 0) is 47.6 Å². The summed E-state index contributed by atoms with van der Waals surface area (Å²) < 4.78 is 33.6. The first-order chi connectivity index (χ1) is 15.5. The van der Waals surface area contributed by atoms with E-state index in [0.717, 1.165) is 16.7 Å². The Kier molecular flexibility index (Phi) is 7.58. The van der Waals surface area contributed by atoms with Crippen molar-refractivity contribution in [3.8, 4) is 34.5 Å². The maximum Gasteiger partial charge on any atom is 0.203 e. The highest BCUT2D eigenvalue weighted by molar-refractivity contribution is 5.64. The molecular formula is C24H32O8. The molecule has 1 aliphatic carbocycles. The van der Waals surface area contributed by atoms with Crippen LogP contribution in [0, 0.1) is 11.8 Å². The molecule has 2 aromatic carbocycles. The molecule has 0 spiro atoms. The minimum Gasteiger partial charge on any atom is -0.493 e. The summed E-state index contributed by atoms with van der Waals surface area (Å²) in [5, 5.41) is 20.6. The summed E-state index contributed by atoms with van der Waals surface area (Å²) in [6, 6.07) is 5.65. The van der Waals surface area contributed by atoms with Crippen LogP contribution in [-0.4, -0.2) is 66.1 Å². The normalized spacial score (nSPS) is 19.7. The Morgan fingerprint density at radius 2 is 1.22 bits per heavy atom. The summed E-state index contributed by atoms with van der Waals surface area (Å²) in [6.45, 7) is -0.189. The summed E-state index contributed by atoms with van der Waals surface area (Å²) >= 11 is 0. The third kappa shape index (κ3) is 3.89. The number of aliphatic hydroxyl groups excluding tert-OH is 2. The number of ether oxygens (including phenoxy) is 6. The minimum absolute atomic E-state index is 0.0672. The maximum atomic E-state index is 10.4. The molecule has 8 nitrogen and oxygen atoms in total. The van der Waals surface area contributed by atoms with Gasteiger partial charge in [-0.3, -0.25) is 0 Å². The maximum absolute atomic E-state index is 10.4. The van der Waals surface area contributed by atoms with Crippen LogP contribution >= 0.6 is 0 Å². The van der Waals surface area contributed by atoms with Gasteiger partial charge in [-0.1, -0.05) is 0 Å². The largest absolute Gasteiger partial charge is 0.493 e. The fourth-order valence-electron chi connectivity index (χ4n) is 4.81. The van der Waals surface area contributed by atoms with E-state index < -0.39 is 0 Å². The van der Waals surface area contributed by atoms with Gasteiger partial charge < -0.3 is 38.6 Å². The Morgan fingerprint density at radius 1 is 0.688 bits per heavy atom. The van der Waals surface area contributed by atoms with Gasteiger partial charge in [0.05, 0.1) is 42.7 Å². The van der Waals surface area contributed by atoms with Crippen molar-refractivity contribution in [2.75, 3.05) is 55.9 Å². The summed E-state index contributed by atoms with van der Waals surface area (Å²) in [6.07, 6.45) is 0.564. The van der Waals surface area contributed by atoms with Gasteiger partial charge in [-0.15, -0.1) is 0 Å². The zero-order valence-corrected chi connectivity index (χ0v) is 19.4. The van der Waals surface area contributed by atoms with Gasteiger partial charge in [-0.25, -0.2) is 0 Å². The Balaban J connectivity index is 2.36. The second-order valence-corrected chi connectivity index (χ2v) is 7.65. The van der Waals surface area contributed by atoms with Gasteiger partial charge in [0, 0.05) is 24.7 Å². The van der Waals surface area contributed by atoms with Gasteiger partial charge in [0.1, 0.15) is 0 Å². The van der Waals surface area contributed by atoms with Crippen molar-refractivity contribution in [2.45, 2.75) is 12.3 Å². The zero-order valence-electron chi connectivity index (χ0n) is 19.4. The average Bonchev–Trinajstić information content (AvgIpc) is 2.84. The molecule has 0 saturated heterocycles. The van der Waals surface area contributed by atoms with Crippen LogP contribution in [0.2, 0.25) is 0 Å². The van der Waals surface area contributed by atoms with Crippen LogP contribution in [0.1, 0.15) is 22.6 Å². The van der Waals surface area contributed by atoms with E-state index in [2.05, 4.69) is 0 Å². The van der Waals surface area contributed by atoms with E-state index in [4.69, 9.17) is 28.4 Å². The Bertz CT molecular complexity index is 917. The lowest BCUT2D eigenvalue weighted by atomic mass is 9.66. The molecule has 2 aromatic rings. The fourth-order valence-corrected chi connectivity index (χ4v) is 4.81. The molecule has 0 amide bonds. The number of aliphatic hydroxyl groups is 2. The van der Waals surface area contributed by atoms with E-state index in [1.54, 1.807) is 42.7 Å².